The SMILES string of the molecule is OC(CON=C(Cl)c1sccc1Cl)CN1CCCCC1. The van der Waals surface area contributed by atoms with Gasteiger partial charge in [0.05, 0.1) is 9.90 Å². The lowest BCUT2D eigenvalue weighted by atomic mass is 10.1. The zero-order valence-corrected chi connectivity index (χ0v) is 13.4. The zero-order chi connectivity index (χ0) is 14.4. The van der Waals surface area contributed by atoms with Crippen molar-refractivity contribution in [3.05, 3.63) is 21.3 Å². The van der Waals surface area contributed by atoms with E-state index in [1.807, 2.05) is 5.38 Å². The van der Waals surface area contributed by atoms with Crippen molar-refractivity contribution in [1.82, 2.24) is 4.90 Å². The van der Waals surface area contributed by atoms with Crippen LogP contribution in [0.3, 0.4) is 0 Å². The molecular formula is C13H18Cl2N2O2S. The number of piperidine rings is 1. The van der Waals surface area contributed by atoms with E-state index < -0.39 is 6.10 Å². The lowest BCUT2D eigenvalue weighted by Crippen LogP contribution is -2.38. The minimum absolute atomic E-state index is 0.135. The van der Waals surface area contributed by atoms with Gasteiger partial charge >= 0.3 is 0 Å². The molecule has 1 aromatic rings. The van der Waals surface area contributed by atoms with Crippen molar-refractivity contribution in [3.8, 4) is 0 Å². The van der Waals surface area contributed by atoms with Gasteiger partial charge in [-0.05, 0) is 37.4 Å². The van der Waals surface area contributed by atoms with Crippen LogP contribution in [-0.4, -0.2) is 47.5 Å². The maximum Gasteiger partial charge on any atom is 0.187 e. The molecule has 2 heterocycles. The maximum absolute atomic E-state index is 9.90. The third-order valence-electron chi connectivity index (χ3n) is 3.13. The second-order valence-corrected chi connectivity index (χ2v) is 6.47. The molecule has 2 rings (SSSR count). The molecular weight excluding hydrogens is 319 g/mol. The molecule has 1 N–H and O–H groups in total. The number of halogens is 2. The molecule has 1 aliphatic heterocycles. The maximum atomic E-state index is 9.90. The molecule has 7 heteroatoms. The molecule has 1 aliphatic rings. The quantitative estimate of drug-likeness (QED) is 0.641. The molecule has 1 saturated heterocycles. The van der Waals surface area contributed by atoms with E-state index in [0.29, 0.717) is 16.4 Å². The van der Waals surface area contributed by atoms with Crippen molar-refractivity contribution < 1.29 is 9.94 Å². The van der Waals surface area contributed by atoms with Gasteiger partial charge in [-0.2, -0.15) is 0 Å². The number of oxime groups is 1. The first-order valence-electron chi connectivity index (χ1n) is 6.66. The number of aliphatic hydroxyl groups excluding tert-OH is 1. The molecule has 4 nitrogen and oxygen atoms in total. The molecule has 0 aromatic carbocycles. The predicted molar refractivity (Wildman–Crippen MR) is 84.0 cm³/mol. The van der Waals surface area contributed by atoms with Crippen LogP contribution in [0.1, 0.15) is 24.1 Å². The van der Waals surface area contributed by atoms with E-state index in [0.717, 1.165) is 13.1 Å². The van der Waals surface area contributed by atoms with Crippen LogP contribution in [0.4, 0.5) is 0 Å². The van der Waals surface area contributed by atoms with Crippen molar-refractivity contribution in [2.45, 2.75) is 25.4 Å². The summed E-state index contributed by atoms with van der Waals surface area (Å²) in [6.45, 7) is 2.85. The summed E-state index contributed by atoms with van der Waals surface area (Å²) in [5.74, 6) is 0. The third kappa shape index (κ3) is 4.90. The fourth-order valence-electron chi connectivity index (χ4n) is 2.16. The molecule has 1 aromatic heterocycles. The van der Waals surface area contributed by atoms with E-state index >= 15 is 0 Å². The molecule has 1 unspecified atom stereocenters. The van der Waals surface area contributed by atoms with Gasteiger partial charge in [-0.15, -0.1) is 11.3 Å². The summed E-state index contributed by atoms with van der Waals surface area (Å²) >= 11 is 13.3. The van der Waals surface area contributed by atoms with Gasteiger partial charge in [0.2, 0.25) is 0 Å². The number of hydrogen-bond acceptors (Lipinski definition) is 5. The lowest BCUT2D eigenvalue weighted by molar-refractivity contribution is 0.0161. The summed E-state index contributed by atoms with van der Waals surface area (Å²) in [4.78, 5) is 8.03. The van der Waals surface area contributed by atoms with Gasteiger partial charge in [-0.25, -0.2) is 0 Å². The van der Waals surface area contributed by atoms with Gasteiger partial charge in [0.1, 0.15) is 12.7 Å². The van der Waals surface area contributed by atoms with Crippen LogP contribution < -0.4 is 0 Å². The highest BCUT2D eigenvalue weighted by Crippen LogP contribution is 2.24. The Hall–Kier alpha value is -0.330. The van der Waals surface area contributed by atoms with Gasteiger partial charge in [0.15, 0.2) is 5.17 Å². The number of β-amino-alcohol motifs (C(OH)–C–C–N with tert-alkyl or cyclic N) is 1. The van der Waals surface area contributed by atoms with E-state index in [2.05, 4.69) is 10.1 Å². The summed E-state index contributed by atoms with van der Waals surface area (Å²) in [7, 11) is 0. The van der Waals surface area contributed by atoms with Crippen LogP contribution in [0.15, 0.2) is 16.6 Å². The first-order chi connectivity index (χ1) is 9.66. The number of likely N-dealkylation sites (tertiary alicyclic amines) is 1. The van der Waals surface area contributed by atoms with E-state index in [1.54, 1.807) is 6.07 Å². The van der Waals surface area contributed by atoms with E-state index in [-0.39, 0.29) is 11.8 Å². The molecule has 20 heavy (non-hydrogen) atoms. The normalized spacial score (nSPS) is 19.1. The van der Waals surface area contributed by atoms with Crippen LogP contribution in [0.5, 0.6) is 0 Å². The molecule has 1 atom stereocenters. The summed E-state index contributed by atoms with van der Waals surface area (Å²) < 4.78 is 0. The third-order valence-corrected chi connectivity index (χ3v) is 4.85. The van der Waals surface area contributed by atoms with Crippen molar-refractivity contribution in [3.63, 3.8) is 0 Å². The molecule has 0 radical (unpaired) electrons. The Kier molecular flexibility index (Phi) is 6.58. The summed E-state index contributed by atoms with van der Waals surface area (Å²) in [5, 5.41) is 16.3. The van der Waals surface area contributed by atoms with Crippen molar-refractivity contribution in [2.24, 2.45) is 5.16 Å². The lowest BCUT2D eigenvalue weighted by Gasteiger charge is -2.27. The molecule has 0 bridgehead atoms. The minimum atomic E-state index is -0.555. The monoisotopic (exact) mass is 336 g/mol. The molecule has 0 saturated carbocycles. The van der Waals surface area contributed by atoms with E-state index in [4.69, 9.17) is 28.0 Å². The molecule has 0 aliphatic carbocycles. The van der Waals surface area contributed by atoms with Gasteiger partial charge in [0.25, 0.3) is 0 Å². The Bertz CT molecular complexity index is 447. The van der Waals surface area contributed by atoms with Crippen LogP contribution in [0.25, 0.3) is 0 Å². The zero-order valence-electron chi connectivity index (χ0n) is 11.1. The van der Waals surface area contributed by atoms with Crippen LogP contribution >= 0.6 is 34.5 Å². The van der Waals surface area contributed by atoms with Crippen molar-refractivity contribution in [2.75, 3.05) is 26.2 Å². The number of nitrogens with zero attached hydrogens (tertiary/aromatic N) is 2. The Morgan fingerprint density at radius 2 is 2.20 bits per heavy atom. The highest BCUT2D eigenvalue weighted by atomic mass is 35.5. The van der Waals surface area contributed by atoms with Gasteiger partial charge in [-0.3, -0.25) is 0 Å². The van der Waals surface area contributed by atoms with Crippen molar-refractivity contribution in [1.29, 1.82) is 0 Å². The smallest absolute Gasteiger partial charge is 0.187 e. The highest BCUT2D eigenvalue weighted by molar-refractivity contribution is 7.14. The molecule has 1 fully saturated rings. The molecule has 0 amide bonds. The summed E-state index contributed by atoms with van der Waals surface area (Å²) in [6.07, 6.45) is 3.13. The van der Waals surface area contributed by atoms with Gasteiger partial charge in [-0.1, -0.05) is 34.8 Å². The van der Waals surface area contributed by atoms with Crippen molar-refractivity contribution >= 4 is 39.7 Å². The standard InChI is InChI=1S/C13H18Cl2N2O2S/c14-11-4-7-20-12(11)13(15)16-19-9-10(18)8-17-5-2-1-3-6-17/h4,7,10,18H,1-3,5-6,8-9H2. The van der Waals surface area contributed by atoms with Gasteiger partial charge < -0.3 is 14.8 Å². The largest absolute Gasteiger partial charge is 0.392 e. The Balaban J connectivity index is 1.73. The van der Waals surface area contributed by atoms with Gasteiger partial charge in [0, 0.05) is 6.54 Å². The Morgan fingerprint density at radius 1 is 1.45 bits per heavy atom. The fraction of sp³-hybridized carbons (Fsp3) is 0.615. The van der Waals surface area contributed by atoms with Crippen LogP contribution in [-0.2, 0) is 4.84 Å². The summed E-state index contributed by atoms with van der Waals surface area (Å²) in [6, 6.07) is 1.75. The van der Waals surface area contributed by atoms with E-state index in [9.17, 15) is 5.11 Å². The van der Waals surface area contributed by atoms with Crippen LogP contribution in [0, 0.1) is 0 Å². The number of thiophene rings is 1. The molecule has 0 spiro atoms. The number of rotatable bonds is 6. The second-order valence-electron chi connectivity index (χ2n) is 4.79. The Labute approximate surface area is 132 Å². The first kappa shape index (κ1) is 16.0. The van der Waals surface area contributed by atoms with Crippen LogP contribution in [0.2, 0.25) is 5.02 Å². The number of aliphatic hydroxyl groups is 1. The highest BCUT2D eigenvalue weighted by Gasteiger charge is 2.15. The predicted octanol–water partition coefficient (Wildman–Crippen LogP) is 3.17. The first-order valence-corrected chi connectivity index (χ1v) is 8.29. The number of hydrogen-bond donors (Lipinski definition) is 1. The average molecular weight is 337 g/mol. The Morgan fingerprint density at radius 3 is 2.85 bits per heavy atom. The summed E-state index contributed by atoms with van der Waals surface area (Å²) in [5.41, 5.74) is 0. The topological polar surface area (TPSA) is 45.1 Å². The minimum Gasteiger partial charge on any atom is -0.392 e. The second kappa shape index (κ2) is 8.20. The van der Waals surface area contributed by atoms with E-state index in [1.165, 1.54) is 30.6 Å². The average Bonchev–Trinajstić information content (AvgIpc) is 2.86. The molecule has 112 valence electrons. The fourth-order valence-corrected chi connectivity index (χ4v) is 3.50.